The standard InChI is InChI=1S/C72H120O6/c1-4-7-10-13-16-18-20-22-24-26-28-30-31-32-33-34-35-36-37-38-39-40-41-43-44-46-48-50-52-54-56-59-62-65-71(74)77-68-69(67-76-70(73)64-61-58-15-12-9-6-3)78-72(75)66-63-60-57-55-53-51-49-47-45-42-29-27-25-23-21-19-17-14-11-8-5-2/h7,10,16,18,21-24,27-30,32-33,35-36,38-39,41,43,69H,4-6,8-9,11-15,17,19-20,25-26,31,34,37,40,42,44-68H2,1-3H3/b10-7-,18-16-,23-21-,24-22-,29-27-,30-28-,33-32-,36-35-,39-38-,43-41-. The van der Waals surface area contributed by atoms with Crippen LogP contribution in [-0.2, 0) is 28.6 Å². The Bertz CT molecular complexity index is 1620. The molecule has 0 N–H and O–H groups in total. The molecule has 0 saturated heterocycles. The molecule has 1 atom stereocenters. The van der Waals surface area contributed by atoms with Gasteiger partial charge in [-0.25, -0.2) is 0 Å². The van der Waals surface area contributed by atoms with Gasteiger partial charge in [-0.1, -0.05) is 284 Å². The van der Waals surface area contributed by atoms with E-state index in [0.29, 0.717) is 19.3 Å². The van der Waals surface area contributed by atoms with Gasteiger partial charge < -0.3 is 14.2 Å². The van der Waals surface area contributed by atoms with E-state index in [0.717, 1.165) is 122 Å². The van der Waals surface area contributed by atoms with Gasteiger partial charge in [-0.05, 0) is 116 Å². The van der Waals surface area contributed by atoms with Crippen LogP contribution in [-0.4, -0.2) is 37.2 Å². The Labute approximate surface area is 482 Å². The minimum absolute atomic E-state index is 0.0828. The average Bonchev–Trinajstić information content (AvgIpc) is 3.44. The van der Waals surface area contributed by atoms with Gasteiger partial charge in [-0.2, -0.15) is 0 Å². The van der Waals surface area contributed by atoms with Crippen molar-refractivity contribution in [3.8, 4) is 0 Å². The lowest BCUT2D eigenvalue weighted by atomic mass is 10.1. The minimum atomic E-state index is -0.783. The maximum absolute atomic E-state index is 12.8. The van der Waals surface area contributed by atoms with Crippen molar-refractivity contribution in [1.29, 1.82) is 0 Å². The molecule has 0 aromatic heterocycles. The molecule has 6 nitrogen and oxygen atoms in total. The first kappa shape index (κ1) is 73.8. The van der Waals surface area contributed by atoms with Gasteiger partial charge in [-0.15, -0.1) is 0 Å². The molecule has 0 amide bonds. The molecular weight excluding hydrogens is 961 g/mol. The van der Waals surface area contributed by atoms with Crippen molar-refractivity contribution >= 4 is 17.9 Å². The Morgan fingerprint density at radius 2 is 0.500 bits per heavy atom. The Balaban J connectivity index is 4.12. The first-order valence-corrected chi connectivity index (χ1v) is 32.5. The number of ether oxygens (including phenoxy) is 3. The van der Waals surface area contributed by atoms with Crippen LogP contribution < -0.4 is 0 Å². The summed E-state index contributed by atoms with van der Waals surface area (Å²) in [6.45, 7) is 6.46. The molecule has 0 aliphatic rings. The monoisotopic (exact) mass is 1080 g/mol. The van der Waals surface area contributed by atoms with Gasteiger partial charge in [0.05, 0.1) is 0 Å². The van der Waals surface area contributed by atoms with Crippen LogP contribution in [0.3, 0.4) is 0 Å². The van der Waals surface area contributed by atoms with E-state index in [1.165, 1.54) is 135 Å². The van der Waals surface area contributed by atoms with Crippen LogP contribution in [0, 0.1) is 0 Å². The Kier molecular flexibility index (Phi) is 61.8. The predicted octanol–water partition coefficient (Wildman–Crippen LogP) is 22.4. The molecule has 0 saturated carbocycles. The number of unbranched alkanes of at least 4 members (excludes halogenated alkanes) is 27. The Morgan fingerprint density at radius 3 is 0.782 bits per heavy atom. The van der Waals surface area contributed by atoms with Gasteiger partial charge >= 0.3 is 17.9 Å². The molecule has 0 aromatic rings. The number of rotatable bonds is 58. The van der Waals surface area contributed by atoms with E-state index in [1.54, 1.807) is 0 Å². The molecule has 0 radical (unpaired) electrons. The summed E-state index contributed by atoms with van der Waals surface area (Å²) in [4.78, 5) is 38.0. The van der Waals surface area contributed by atoms with Gasteiger partial charge in [0.1, 0.15) is 13.2 Å². The molecule has 0 aromatic carbocycles. The van der Waals surface area contributed by atoms with Crippen LogP contribution in [0.1, 0.15) is 297 Å². The number of carbonyl (C=O) groups excluding carboxylic acids is 3. The van der Waals surface area contributed by atoms with Crippen LogP contribution >= 0.6 is 0 Å². The first-order valence-electron chi connectivity index (χ1n) is 32.5. The SMILES string of the molecule is CC/C=C\C/C=C\C/C=C\C/C=C\C/C=C\C/C=C\C/C=C\C/C=C\CCCCCCCCCCC(=O)OCC(COC(=O)CCCCCCCC)OC(=O)CCCCCCCCCCC/C=C\C/C=C\CCCCCCC. The van der Waals surface area contributed by atoms with Crippen molar-refractivity contribution in [3.05, 3.63) is 122 Å². The van der Waals surface area contributed by atoms with E-state index < -0.39 is 6.10 Å². The molecule has 0 bridgehead atoms. The van der Waals surface area contributed by atoms with Crippen molar-refractivity contribution in [2.75, 3.05) is 13.2 Å². The lowest BCUT2D eigenvalue weighted by Crippen LogP contribution is -2.30. The third-order valence-electron chi connectivity index (χ3n) is 13.7. The van der Waals surface area contributed by atoms with E-state index in [1.807, 2.05) is 0 Å². The minimum Gasteiger partial charge on any atom is -0.462 e. The Hall–Kier alpha value is -4.19. The highest BCUT2D eigenvalue weighted by atomic mass is 16.6. The highest BCUT2D eigenvalue weighted by molar-refractivity contribution is 5.71. The fraction of sp³-hybridized carbons (Fsp3) is 0.681. The predicted molar refractivity (Wildman–Crippen MR) is 339 cm³/mol. The lowest BCUT2D eigenvalue weighted by molar-refractivity contribution is -0.167. The zero-order valence-electron chi connectivity index (χ0n) is 50.9. The second-order valence-electron chi connectivity index (χ2n) is 21.3. The van der Waals surface area contributed by atoms with E-state index in [2.05, 4.69) is 142 Å². The largest absolute Gasteiger partial charge is 0.462 e. The van der Waals surface area contributed by atoms with Crippen molar-refractivity contribution in [2.45, 2.75) is 303 Å². The van der Waals surface area contributed by atoms with Crippen molar-refractivity contribution in [2.24, 2.45) is 0 Å². The van der Waals surface area contributed by atoms with E-state index in [-0.39, 0.29) is 31.1 Å². The fourth-order valence-electron chi connectivity index (χ4n) is 8.84. The molecule has 0 aliphatic carbocycles. The zero-order chi connectivity index (χ0) is 56.4. The molecule has 78 heavy (non-hydrogen) atoms. The molecule has 6 heteroatoms. The summed E-state index contributed by atoms with van der Waals surface area (Å²) in [6.07, 6.45) is 91.0. The van der Waals surface area contributed by atoms with Crippen LogP contribution in [0.5, 0.6) is 0 Å². The number of hydrogen-bond donors (Lipinski definition) is 0. The van der Waals surface area contributed by atoms with Crippen LogP contribution in [0.15, 0.2) is 122 Å². The number of carbonyl (C=O) groups is 3. The summed E-state index contributed by atoms with van der Waals surface area (Å²) in [6, 6.07) is 0. The van der Waals surface area contributed by atoms with Crippen molar-refractivity contribution < 1.29 is 28.6 Å². The van der Waals surface area contributed by atoms with E-state index in [4.69, 9.17) is 14.2 Å². The first-order chi connectivity index (χ1) is 38.5. The molecule has 0 spiro atoms. The lowest BCUT2D eigenvalue weighted by Gasteiger charge is -2.18. The summed E-state index contributed by atoms with van der Waals surface area (Å²) in [5.74, 6) is -0.901. The maximum atomic E-state index is 12.8. The topological polar surface area (TPSA) is 78.9 Å². The normalized spacial score (nSPS) is 12.9. The summed E-state index contributed by atoms with van der Waals surface area (Å²) in [7, 11) is 0. The van der Waals surface area contributed by atoms with Gasteiger partial charge in [0.2, 0.25) is 0 Å². The Morgan fingerprint density at radius 1 is 0.269 bits per heavy atom. The van der Waals surface area contributed by atoms with E-state index in [9.17, 15) is 14.4 Å². The van der Waals surface area contributed by atoms with Crippen molar-refractivity contribution in [3.63, 3.8) is 0 Å². The molecular formula is C72H120O6. The third kappa shape index (κ3) is 62.7. The van der Waals surface area contributed by atoms with Gasteiger partial charge in [0.25, 0.3) is 0 Å². The van der Waals surface area contributed by atoms with Crippen LogP contribution in [0.4, 0.5) is 0 Å². The summed E-state index contributed by atoms with van der Waals surface area (Å²) in [5.41, 5.74) is 0. The smallest absolute Gasteiger partial charge is 0.306 e. The summed E-state index contributed by atoms with van der Waals surface area (Å²) >= 11 is 0. The van der Waals surface area contributed by atoms with Crippen LogP contribution in [0.25, 0.3) is 0 Å². The second kappa shape index (κ2) is 65.3. The molecule has 0 fully saturated rings. The van der Waals surface area contributed by atoms with E-state index >= 15 is 0 Å². The maximum Gasteiger partial charge on any atom is 0.306 e. The summed E-state index contributed by atoms with van der Waals surface area (Å²) in [5, 5.41) is 0. The van der Waals surface area contributed by atoms with Gasteiger partial charge in [0.15, 0.2) is 6.10 Å². The van der Waals surface area contributed by atoms with Crippen molar-refractivity contribution in [1.82, 2.24) is 0 Å². The zero-order valence-corrected chi connectivity index (χ0v) is 50.9. The second-order valence-corrected chi connectivity index (χ2v) is 21.3. The number of allylic oxidation sites excluding steroid dienone is 20. The molecule has 1 unspecified atom stereocenters. The number of hydrogen-bond acceptors (Lipinski definition) is 6. The van der Waals surface area contributed by atoms with Gasteiger partial charge in [0, 0.05) is 19.3 Å². The third-order valence-corrected chi connectivity index (χ3v) is 13.7. The molecule has 0 aliphatic heterocycles. The number of esters is 3. The highest BCUT2D eigenvalue weighted by Crippen LogP contribution is 2.15. The summed E-state index contributed by atoms with van der Waals surface area (Å²) < 4.78 is 16.8. The molecule has 0 heterocycles. The average molecular weight is 1080 g/mol. The van der Waals surface area contributed by atoms with Crippen LogP contribution in [0.2, 0.25) is 0 Å². The quantitative estimate of drug-likeness (QED) is 0.0261. The van der Waals surface area contributed by atoms with Gasteiger partial charge in [-0.3, -0.25) is 14.4 Å². The molecule has 444 valence electrons. The highest BCUT2D eigenvalue weighted by Gasteiger charge is 2.19. The fourth-order valence-corrected chi connectivity index (χ4v) is 8.84. The molecule has 0 rings (SSSR count).